The molecule has 3 unspecified atom stereocenters. The van der Waals surface area contributed by atoms with Crippen molar-refractivity contribution in [2.24, 2.45) is 5.92 Å². The highest BCUT2D eigenvalue weighted by atomic mass is 32.2. The van der Waals surface area contributed by atoms with E-state index in [0.717, 1.165) is 25.8 Å². The molecule has 2 aromatic heterocycles. The summed E-state index contributed by atoms with van der Waals surface area (Å²) in [6, 6.07) is 1.48. The first kappa shape index (κ1) is 21.9. The molecule has 0 spiro atoms. The van der Waals surface area contributed by atoms with Crippen LogP contribution < -0.4 is 5.56 Å². The summed E-state index contributed by atoms with van der Waals surface area (Å²) < 4.78 is 12.9. The number of rotatable bonds is 6. The lowest BCUT2D eigenvalue weighted by Gasteiger charge is -2.28. The van der Waals surface area contributed by atoms with E-state index in [9.17, 15) is 9.59 Å². The van der Waals surface area contributed by atoms with E-state index >= 15 is 0 Å². The van der Waals surface area contributed by atoms with E-state index in [-0.39, 0.29) is 35.3 Å². The van der Waals surface area contributed by atoms with Gasteiger partial charge in [0.25, 0.3) is 5.56 Å². The van der Waals surface area contributed by atoms with Crippen molar-refractivity contribution in [2.45, 2.75) is 74.6 Å². The molecule has 1 aliphatic heterocycles. The number of H-pyrrole nitrogens is 1. The normalized spacial score (nSPS) is 26.3. The Kier molecular flexibility index (Phi) is 6.52. The molecule has 5 rings (SSSR count). The van der Waals surface area contributed by atoms with Crippen LogP contribution >= 0.6 is 11.8 Å². The first-order chi connectivity index (χ1) is 15.6. The second kappa shape index (κ2) is 9.52. The second-order valence-electron chi connectivity index (χ2n) is 9.28. The van der Waals surface area contributed by atoms with Crippen molar-refractivity contribution in [3.8, 4) is 0 Å². The molecule has 1 N–H and O–H groups in total. The van der Waals surface area contributed by atoms with Crippen LogP contribution in [0.4, 0.5) is 0 Å². The molecule has 9 nitrogen and oxygen atoms in total. The van der Waals surface area contributed by atoms with E-state index in [1.54, 1.807) is 4.52 Å². The third kappa shape index (κ3) is 4.72. The fourth-order valence-corrected chi connectivity index (χ4v) is 6.09. The van der Waals surface area contributed by atoms with Gasteiger partial charge in [-0.05, 0) is 38.0 Å². The van der Waals surface area contributed by atoms with Crippen molar-refractivity contribution in [3.63, 3.8) is 0 Å². The topological polar surface area (TPSA) is 102 Å². The van der Waals surface area contributed by atoms with Gasteiger partial charge in [0.2, 0.25) is 5.91 Å². The molecule has 2 aliphatic carbocycles. The van der Waals surface area contributed by atoms with E-state index in [1.165, 1.54) is 49.9 Å². The van der Waals surface area contributed by atoms with Crippen LogP contribution in [0.5, 0.6) is 0 Å². The summed E-state index contributed by atoms with van der Waals surface area (Å²) in [5.74, 6) is 1.83. The lowest BCUT2D eigenvalue weighted by molar-refractivity contribution is -0.127. The molecule has 10 heteroatoms. The summed E-state index contributed by atoms with van der Waals surface area (Å²) in [6.07, 6.45) is 9.15. The van der Waals surface area contributed by atoms with Gasteiger partial charge in [-0.25, -0.2) is 14.5 Å². The first-order valence-electron chi connectivity index (χ1n) is 11.7. The summed E-state index contributed by atoms with van der Waals surface area (Å²) in [5, 5.41) is 3.35. The van der Waals surface area contributed by atoms with Crippen LogP contribution in [0.1, 0.15) is 63.1 Å². The molecule has 3 atom stereocenters. The summed E-state index contributed by atoms with van der Waals surface area (Å²) >= 11 is 1.35. The number of carbonyl (C=O) groups is 1. The minimum absolute atomic E-state index is 0.0770. The molecule has 1 saturated heterocycles. The number of thioether (sulfide) groups is 1. The maximum Gasteiger partial charge on any atom is 0.266 e. The Morgan fingerprint density at radius 1 is 1.19 bits per heavy atom. The highest BCUT2D eigenvalue weighted by molar-refractivity contribution is 7.99. The number of hydrogen-bond donors (Lipinski definition) is 1. The molecule has 3 fully saturated rings. The largest absolute Gasteiger partial charge is 0.349 e. The van der Waals surface area contributed by atoms with Crippen LogP contribution in [0.15, 0.2) is 16.0 Å². The van der Waals surface area contributed by atoms with E-state index in [1.807, 2.05) is 11.9 Å². The predicted molar refractivity (Wildman–Crippen MR) is 120 cm³/mol. The molecule has 0 aromatic carbocycles. The smallest absolute Gasteiger partial charge is 0.266 e. The lowest BCUT2D eigenvalue weighted by atomic mass is 9.85. The van der Waals surface area contributed by atoms with Crippen molar-refractivity contribution in [1.82, 2.24) is 24.5 Å². The molecule has 0 bridgehead atoms. The van der Waals surface area contributed by atoms with E-state index < -0.39 is 0 Å². The Morgan fingerprint density at radius 3 is 2.84 bits per heavy atom. The van der Waals surface area contributed by atoms with E-state index in [0.29, 0.717) is 29.3 Å². The molecule has 32 heavy (non-hydrogen) atoms. The molecule has 3 heterocycles. The summed E-state index contributed by atoms with van der Waals surface area (Å²) in [7, 11) is 1.89. The van der Waals surface area contributed by atoms with E-state index in [2.05, 4.69) is 10.1 Å². The average molecular weight is 462 g/mol. The van der Waals surface area contributed by atoms with Gasteiger partial charge in [-0.3, -0.25) is 14.7 Å². The Bertz CT molecular complexity index is 1020. The quantitative estimate of drug-likeness (QED) is 0.660. The van der Waals surface area contributed by atoms with Crippen LogP contribution in [-0.2, 0) is 14.3 Å². The van der Waals surface area contributed by atoms with Gasteiger partial charge in [0.15, 0.2) is 10.8 Å². The van der Waals surface area contributed by atoms with E-state index in [4.69, 9.17) is 14.5 Å². The van der Waals surface area contributed by atoms with Gasteiger partial charge in [0, 0.05) is 25.6 Å². The van der Waals surface area contributed by atoms with Crippen LogP contribution in [0, 0.1) is 5.92 Å². The fraction of sp³-hybridized carbons (Fsp3) is 0.727. The molecule has 2 saturated carbocycles. The summed E-state index contributed by atoms with van der Waals surface area (Å²) in [5.41, 5.74) is 0.312. The predicted octanol–water partition coefficient (Wildman–Crippen LogP) is 2.56. The zero-order valence-corrected chi connectivity index (χ0v) is 19.3. The van der Waals surface area contributed by atoms with Gasteiger partial charge in [-0.15, -0.1) is 0 Å². The molecule has 174 valence electrons. The van der Waals surface area contributed by atoms with Gasteiger partial charge >= 0.3 is 0 Å². The van der Waals surface area contributed by atoms with Gasteiger partial charge in [0.05, 0.1) is 18.0 Å². The van der Waals surface area contributed by atoms with Crippen LogP contribution in [-0.4, -0.2) is 68.7 Å². The van der Waals surface area contributed by atoms with Gasteiger partial charge in [-0.2, -0.15) is 0 Å². The third-order valence-electron chi connectivity index (χ3n) is 7.01. The van der Waals surface area contributed by atoms with Gasteiger partial charge < -0.3 is 14.4 Å². The maximum absolute atomic E-state index is 12.8. The summed E-state index contributed by atoms with van der Waals surface area (Å²) in [4.78, 5) is 36.0. The number of aromatic amines is 1. The Balaban J connectivity index is 1.29. The SMILES string of the molecule is CN(CC1CCCCC1)C(=O)CSc1nc(C2CCC3OCOC3C2)nc2cc(=O)[nH]n12. The molecule has 0 radical (unpaired) electrons. The number of nitrogens with zero attached hydrogens (tertiary/aromatic N) is 4. The minimum atomic E-state index is -0.227. The zero-order chi connectivity index (χ0) is 22.1. The number of carbonyl (C=O) groups excluding carboxylic acids is 1. The molecule has 2 aromatic rings. The zero-order valence-electron chi connectivity index (χ0n) is 18.5. The molecule has 3 aliphatic rings. The van der Waals surface area contributed by atoms with Crippen LogP contribution in [0.2, 0.25) is 0 Å². The molecule has 1 amide bonds. The highest BCUT2D eigenvalue weighted by Crippen LogP contribution is 2.37. The van der Waals surface area contributed by atoms with Crippen molar-refractivity contribution in [1.29, 1.82) is 0 Å². The number of aromatic nitrogens is 4. The highest BCUT2D eigenvalue weighted by Gasteiger charge is 2.37. The number of amides is 1. The average Bonchev–Trinajstić information content (AvgIpc) is 3.42. The van der Waals surface area contributed by atoms with Gasteiger partial charge in [-0.1, -0.05) is 31.0 Å². The van der Waals surface area contributed by atoms with Gasteiger partial charge in [0.1, 0.15) is 12.6 Å². The van der Waals surface area contributed by atoms with Crippen LogP contribution in [0.3, 0.4) is 0 Å². The first-order valence-corrected chi connectivity index (χ1v) is 12.6. The number of ether oxygens (including phenoxy) is 2. The molecular weight excluding hydrogens is 430 g/mol. The summed E-state index contributed by atoms with van der Waals surface area (Å²) in [6.45, 7) is 1.17. The second-order valence-corrected chi connectivity index (χ2v) is 10.2. The number of nitrogens with one attached hydrogen (secondary N) is 1. The van der Waals surface area contributed by atoms with Crippen molar-refractivity contribution in [2.75, 3.05) is 26.1 Å². The molecular formula is C22H31N5O4S. The van der Waals surface area contributed by atoms with Crippen molar-refractivity contribution < 1.29 is 14.3 Å². The monoisotopic (exact) mass is 461 g/mol. The Hall–Kier alpha value is -1.91. The van der Waals surface area contributed by atoms with Crippen molar-refractivity contribution in [3.05, 3.63) is 22.2 Å². The van der Waals surface area contributed by atoms with Crippen molar-refractivity contribution >= 4 is 23.3 Å². The fourth-order valence-electron chi connectivity index (χ4n) is 5.19. The third-order valence-corrected chi connectivity index (χ3v) is 7.93. The van der Waals surface area contributed by atoms with Crippen LogP contribution in [0.25, 0.3) is 5.65 Å². The lowest BCUT2D eigenvalue weighted by Crippen LogP contribution is -2.34. The Morgan fingerprint density at radius 2 is 2.00 bits per heavy atom. The number of fused-ring (bicyclic) bond motifs is 2. The standard InChI is InChI=1S/C22H31N5O4S/c1-26(11-14-5-3-2-4-6-14)20(29)12-32-22-24-21(23-18-10-19(28)25-27(18)22)15-7-8-16-17(9-15)31-13-30-16/h10,14-17H,2-9,11-13H2,1H3,(H,25,28). The number of hydrogen-bond acceptors (Lipinski definition) is 7. The minimum Gasteiger partial charge on any atom is -0.349 e. The Labute approximate surface area is 191 Å². The maximum atomic E-state index is 12.8.